The van der Waals surface area contributed by atoms with Crippen molar-refractivity contribution in [3.05, 3.63) is 35.0 Å². The smallest absolute Gasteiger partial charge is 0.337 e. The first-order valence-electron chi connectivity index (χ1n) is 9.85. The van der Waals surface area contributed by atoms with Crippen molar-refractivity contribution in [2.24, 2.45) is 11.8 Å². The maximum absolute atomic E-state index is 12.8. The van der Waals surface area contributed by atoms with E-state index in [-0.39, 0.29) is 5.97 Å². The zero-order chi connectivity index (χ0) is 19.0. The van der Waals surface area contributed by atoms with Gasteiger partial charge in [0.1, 0.15) is 11.0 Å². The first kappa shape index (κ1) is 18.7. The molecule has 2 atom stereocenters. The Morgan fingerprint density at radius 3 is 2.74 bits per heavy atom. The van der Waals surface area contributed by atoms with E-state index >= 15 is 0 Å². The first-order valence-corrected chi connectivity index (χ1v) is 11.1. The summed E-state index contributed by atoms with van der Waals surface area (Å²) in [5, 5.41) is 1.06. The minimum absolute atomic E-state index is 0.327. The lowest BCUT2D eigenvalue weighted by Gasteiger charge is -2.33. The Morgan fingerprint density at radius 2 is 2.04 bits per heavy atom. The van der Waals surface area contributed by atoms with Crippen LogP contribution in [0.5, 0.6) is 0 Å². The topological polar surface area (TPSA) is 57.5 Å². The van der Waals surface area contributed by atoms with Gasteiger partial charge in [-0.15, -0.1) is 0 Å². The molecule has 6 heteroatoms. The molecule has 0 N–H and O–H groups in total. The van der Waals surface area contributed by atoms with Gasteiger partial charge in [-0.3, -0.25) is 3.97 Å². The van der Waals surface area contributed by atoms with E-state index in [9.17, 15) is 9.00 Å². The second kappa shape index (κ2) is 7.76. The molecule has 0 amide bonds. The largest absolute Gasteiger partial charge is 0.465 e. The molecule has 1 unspecified atom stereocenters. The summed E-state index contributed by atoms with van der Waals surface area (Å²) in [6.07, 6.45) is 5.35. The summed E-state index contributed by atoms with van der Waals surface area (Å²) in [4.78, 5) is 12.0. The number of carbonyl (C=O) groups excluding carboxylic acids is 1. The van der Waals surface area contributed by atoms with Gasteiger partial charge in [0.15, 0.2) is 0 Å². The van der Waals surface area contributed by atoms with Crippen LogP contribution in [0.25, 0.3) is 10.9 Å². The predicted molar refractivity (Wildman–Crippen MR) is 106 cm³/mol. The highest BCUT2D eigenvalue weighted by Gasteiger charge is 2.32. The van der Waals surface area contributed by atoms with Crippen LogP contribution < -0.4 is 0 Å². The Balaban J connectivity index is 1.80. The van der Waals surface area contributed by atoms with Crippen LogP contribution in [0.4, 0.5) is 0 Å². The van der Waals surface area contributed by atoms with E-state index < -0.39 is 11.0 Å². The number of hydrogen-bond donors (Lipinski definition) is 0. The molecule has 0 saturated carbocycles. The van der Waals surface area contributed by atoms with Gasteiger partial charge in [-0.05, 0) is 67.7 Å². The molecule has 1 aliphatic carbocycles. The Hall–Kier alpha value is -1.66. The van der Waals surface area contributed by atoms with Crippen LogP contribution in [0.15, 0.2) is 18.2 Å². The second-order valence-corrected chi connectivity index (χ2v) is 9.09. The van der Waals surface area contributed by atoms with Gasteiger partial charge in [-0.25, -0.2) is 9.00 Å². The molecule has 0 radical (unpaired) electrons. The molecule has 1 aromatic carbocycles. The Morgan fingerprint density at radius 1 is 1.26 bits per heavy atom. The minimum Gasteiger partial charge on any atom is -0.465 e. The summed E-state index contributed by atoms with van der Waals surface area (Å²) < 4.78 is 25.2. The fraction of sp³-hybridized carbons (Fsp3) is 0.571. The third kappa shape index (κ3) is 3.34. The standard InChI is InChI=1S/C21H27NO4S/c1-3-27(24)22-19-6-4-15(14-8-10-26-11-9-14)12-17(19)18-13-16(21(23)25-2)5-7-20(18)22/h5,7,13-15H,3-4,6,8-12H2,1-2H3/t15-,27?/m1/s1. The molecule has 4 rings (SSSR count). The summed E-state index contributed by atoms with van der Waals surface area (Å²) in [5.74, 6) is 1.59. The lowest BCUT2D eigenvalue weighted by atomic mass is 9.75. The van der Waals surface area contributed by atoms with Crippen LogP contribution in [-0.4, -0.2) is 40.2 Å². The van der Waals surface area contributed by atoms with Gasteiger partial charge < -0.3 is 9.47 Å². The summed E-state index contributed by atoms with van der Waals surface area (Å²) >= 11 is 0. The number of nitrogens with zero attached hydrogens (tertiary/aromatic N) is 1. The lowest BCUT2D eigenvalue weighted by molar-refractivity contribution is 0.0439. The van der Waals surface area contributed by atoms with E-state index in [1.54, 1.807) is 6.07 Å². The molecule has 0 bridgehead atoms. The number of hydrogen-bond acceptors (Lipinski definition) is 4. The zero-order valence-electron chi connectivity index (χ0n) is 16.0. The molecule has 2 aromatic rings. The average molecular weight is 390 g/mol. The van der Waals surface area contributed by atoms with Crippen molar-refractivity contribution in [1.29, 1.82) is 0 Å². The third-order valence-corrected chi connectivity index (χ3v) is 7.47. The number of benzene rings is 1. The van der Waals surface area contributed by atoms with Crippen molar-refractivity contribution < 1.29 is 18.5 Å². The number of ether oxygens (including phenoxy) is 2. The van der Waals surface area contributed by atoms with Crippen molar-refractivity contribution in [1.82, 2.24) is 3.97 Å². The third-order valence-electron chi connectivity index (χ3n) is 6.16. The molecular weight excluding hydrogens is 362 g/mol. The van der Waals surface area contributed by atoms with Crippen LogP contribution >= 0.6 is 0 Å². The van der Waals surface area contributed by atoms with Crippen LogP contribution in [0.3, 0.4) is 0 Å². The van der Waals surface area contributed by atoms with Gasteiger partial charge >= 0.3 is 5.97 Å². The summed E-state index contributed by atoms with van der Waals surface area (Å²) in [5.41, 5.74) is 4.00. The van der Waals surface area contributed by atoms with Gasteiger partial charge in [0.25, 0.3) is 0 Å². The fourth-order valence-corrected chi connectivity index (χ4v) is 5.83. The van der Waals surface area contributed by atoms with Gasteiger partial charge in [0, 0.05) is 30.0 Å². The van der Waals surface area contributed by atoms with Crippen LogP contribution in [0.2, 0.25) is 0 Å². The van der Waals surface area contributed by atoms with Crippen molar-refractivity contribution in [3.8, 4) is 0 Å². The monoisotopic (exact) mass is 389 g/mol. The van der Waals surface area contributed by atoms with Gasteiger partial charge in [0.2, 0.25) is 0 Å². The number of aromatic nitrogens is 1. The number of esters is 1. The molecule has 5 nitrogen and oxygen atoms in total. The minimum atomic E-state index is -1.08. The predicted octanol–water partition coefficient (Wildman–Crippen LogP) is 3.49. The molecule has 1 saturated heterocycles. The Bertz CT molecular complexity index is 882. The lowest BCUT2D eigenvalue weighted by Crippen LogP contribution is -2.28. The van der Waals surface area contributed by atoms with Crippen molar-refractivity contribution >= 4 is 27.9 Å². The maximum Gasteiger partial charge on any atom is 0.337 e. The Labute approximate surface area is 162 Å². The summed E-state index contributed by atoms with van der Waals surface area (Å²) in [6.45, 7) is 3.68. The number of methoxy groups -OCH3 is 1. The molecule has 146 valence electrons. The quantitative estimate of drug-likeness (QED) is 0.751. The molecule has 1 aromatic heterocycles. The molecule has 1 aliphatic heterocycles. The van der Waals surface area contributed by atoms with E-state index in [0.29, 0.717) is 23.2 Å². The van der Waals surface area contributed by atoms with E-state index in [2.05, 4.69) is 0 Å². The van der Waals surface area contributed by atoms with Crippen LogP contribution in [0, 0.1) is 11.8 Å². The average Bonchev–Trinajstić information content (AvgIpc) is 3.06. The van der Waals surface area contributed by atoms with E-state index in [1.807, 2.05) is 23.0 Å². The molecule has 27 heavy (non-hydrogen) atoms. The van der Waals surface area contributed by atoms with Crippen molar-refractivity contribution in [2.45, 2.75) is 39.0 Å². The molecule has 2 aliphatic rings. The molecule has 2 heterocycles. The molecular formula is C21H27NO4S. The fourth-order valence-electron chi connectivity index (χ4n) is 4.74. The van der Waals surface area contributed by atoms with Gasteiger partial charge in [-0.1, -0.05) is 6.92 Å². The highest BCUT2D eigenvalue weighted by atomic mass is 32.2. The molecule has 0 spiro atoms. The van der Waals surface area contributed by atoms with Crippen LogP contribution in [0.1, 0.15) is 47.8 Å². The van der Waals surface area contributed by atoms with Crippen molar-refractivity contribution in [2.75, 3.05) is 26.1 Å². The summed E-state index contributed by atoms with van der Waals surface area (Å²) in [7, 11) is 0.325. The second-order valence-electron chi connectivity index (χ2n) is 7.51. The van der Waals surface area contributed by atoms with E-state index in [1.165, 1.54) is 18.4 Å². The molecule has 1 fully saturated rings. The van der Waals surface area contributed by atoms with Crippen molar-refractivity contribution in [3.63, 3.8) is 0 Å². The summed E-state index contributed by atoms with van der Waals surface area (Å²) in [6, 6.07) is 5.63. The maximum atomic E-state index is 12.8. The Kier molecular flexibility index (Phi) is 5.37. The van der Waals surface area contributed by atoms with E-state index in [0.717, 1.165) is 56.2 Å². The van der Waals surface area contributed by atoms with Crippen LogP contribution in [-0.2, 0) is 33.3 Å². The normalized spacial score (nSPS) is 21.8. The van der Waals surface area contributed by atoms with E-state index in [4.69, 9.17) is 9.47 Å². The van der Waals surface area contributed by atoms with Gasteiger partial charge in [0.05, 0.1) is 18.2 Å². The zero-order valence-corrected chi connectivity index (χ0v) is 16.8. The highest BCUT2D eigenvalue weighted by molar-refractivity contribution is 7.83. The van der Waals surface area contributed by atoms with Gasteiger partial charge in [-0.2, -0.15) is 0 Å². The SMILES string of the molecule is CCS(=O)n1c2c(c3cc(C(=O)OC)ccc31)C[C@H](C1CCOCC1)CC2. The number of fused-ring (bicyclic) bond motifs is 3. The first-order chi connectivity index (χ1) is 13.1. The highest BCUT2D eigenvalue weighted by Crippen LogP contribution is 2.40. The number of carbonyl (C=O) groups is 1. The number of rotatable bonds is 4.